The molecule has 1 amide bonds. The van der Waals surface area contributed by atoms with Crippen LogP contribution in [-0.2, 0) is 4.79 Å². The maximum Gasteiger partial charge on any atom is 0.267 e. The van der Waals surface area contributed by atoms with Gasteiger partial charge in [-0.25, -0.2) is 4.98 Å². The van der Waals surface area contributed by atoms with Crippen molar-refractivity contribution in [3.05, 3.63) is 44.7 Å². The molecular formula is C23H26N4O2S3. The van der Waals surface area contributed by atoms with Crippen molar-refractivity contribution in [3.63, 3.8) is 0 Å². The molecule has 3 aliphatic rings. The van der Waals surface area contributed by atoms with Crippen molar-refractivity contribution in [2.45, 2.75) is 45.1 Å². The van der Waals surface area contributed by atoms with Crippen LogP contribution in [0.5, 0.6) is 0 Å². The molecule has 2 aliphatic heterocycles. The van der Waals surface area contributed by atoms with Crippen LogP contribution < -0.4 is 10.5 Å². The molecule has 1 saturated carbocycles. The summed E-state index contributed by atoms with van der Waals surface area (Å²) in [5, 5.41) is 0. The van der Waals surface area contributed by atoms with Crippen LogP contribution in [0.25, 0.3) is 11.7 Å². The van der Waals surface area contributed by atoms with Gasteiger partial charge >= 0.3 is 0 Å². The molecule has 3 fully saturated rings. The SMILES string of the molecule is Cc1ccc2nc(N3CCSCC3)c(/C=C3/SC(=S)N(C4CCCCC4)C3=O)c(=O)n2c1. The second-order valence-electron chi connectivity index (χ2n) is 8.53. The number of thiocarbonyl (C=S) groups is 1. The lowest BCUT2D eigenvalue weighted by molar-refractivity contribution is -0.124. The minimum absolute atomic E-state index is 0.0687. The predicted molar refractivity (Wildman–Crippen MR) is 138 cm³/mol. The molecule has 32 heavy (non-hydrogen) atoms. The van der Waals surface area contributed by atoms with Gasteiger partial charge in [0.25, 0.3) is 11.5 Å². The number of nitrogens with zero attached hydrogens (tertiary/aromatic N) is 4. The smallest absolute Gasteiger partial charge is 0.267 e. The van der Waals surface area contributed by atoms with Gasteiger partial charge in [0.15, 0.2) is 0 Å². The van der Waals surface area contributed by atoms with Crippen LogP contribution >= 0.6 is 35.7 Å². The number of thioether (sulfide) groups is 2. The number of carbonyl (C=O) groups excluding carboxylic acids is 1. The third-order valence-electron chi connectivity index (χ3n) is 6.33. The highest BCUT2D eigenvalue weighted by molar-refractivity contribution is 8.26. The Morgan fingerprint density at radius 2 is 1.88 bits per heavy atom. The fourth-order valence-corrected chi connectivity index (χ4v) is 6.94. The van der Waals surface area contributed by atoms with Crippen LogP contribution in [0.4, 0.5) is 5.82 Å². The molecule has 2 aromatic heterocycles. The van der Waals surface area contributed by atoms with E-state index in [1.54, 1.807) is 15.4 Å². The third-order valence-corrected chi connectivity index (χ3v) is 8.61. The van der Waals surface area contributed by atoms with Crippen LogP contribution in [0.3, 0.4) is 0 Å². The molecule has 6 nitrogen and oxygen atoms in total. The molecule has 1 aliphatic carbocycles. The standard InChI is InChI=1S/C23H26N4O2S3/c1-15-7-8-19-24-20(25-9-11-31-12-10-25)17(21(28)26(19)14-15)13-18-22(29)27(23(30)32-18)16-5-3-2-4-6-16/h7-8,13-14,16H,2-6,9-12H2,1H3/b18-13+. The second kappa shape index (κ2) is 9.19. The summed E-state index contributed by atoms with van der Waals surface area (Å²) in [6.45, 7) is 3.63. The molecule has 5 rings (SSSR count). The summed E-state index contributed by atoms with van der Waals surface area (Å²) in [4.78, 5) is 36.3. The number of fused-ring (bicyclic) bond motifs is 1. The molecule has 9 heteroatoms. The summed E-state index contributed by atoms with van der Waals surface area (Å²) in [6.07, 6.45) is 9.03. The molecule has 168 valence electrons. The van der Waals surface area contributed by atoms with Crippen LogP contribution in [-0.4, -0.2) is 55.1 Å². The number of pyridine rings is 1. The lowest BCUT2D eigenvalue weighted by atomic mass is 9.94. The number of amides is 1. The molecule has 4 heterocycles. The van der Waals surface area contributed by atoms with Crippen molar-refractivity contribution < 1.29 is 4.79 Å². The first-order chi connectivity index (χ1) is 15.5. The van der Waals surface area contributed by atoms with Crippen LogP contribution in [0, 0.1) is 6.92 Å². The highest BCUT2D eigenvalue weighted by Crippen LogP contribution is 2.38. The zero-order valence-electron chi connectivity index (χ0n) is 18.1. The maximum atomic E-state index is 13.6. The Bertz CT molecular complexity index is 1160. The van der Waals surface area contributed by atoms with Crippen LogP contribution in [0.2, 0.25) is 0 Å². The number of hydrogen-bond donors (Lipinski definition) is 0. The van der Waals surface area contributed by atoms with Crippen molar-refractivity contribution >= 4 is 63.5 Å². The molecular weight excluding hydrogens is 460 g/mol. The molecule has 2 saturated heterocycles. The van der Waals surface area contributed by atoms with Gasteiger partial charge in [0.1, 0.15) is 15.8 Å². The predicted octanol–water partition coefficient (Wildman–Crippen LogP) is 4.09. The molecule has 0 spiro atoms. The van der Waals surface area contributed by atoms with E-state index in [4.69, 9.17) is 17.2 Å². The minimum Gasteiger partial charge on any atom is -0.354 e. The van der Waals surface area contributed by atoms with E-state index in [2.05, 4.69) is 4.90 Å². The van der Waals surface area contributed by atoms with Crippen LogP contribution in [0.15, 0.2) is 28.0 Å². The highest BCUT2D eigenvalue weighted by atomic mass is 32.2. The molecule has 0 atom stereocenters. The minimum atomic E-state index is -0.144. The summed E-state index contributed by atoms with van der Waals surface area (Å²) in [5.41, 5.74) is 1.94. The number of rotatable bonds is 3. The van der Waals surface area contributed by atoms with E-state index >= 15 is 0 Å². The van der Waals surface area contributed by atoms with E-state index in [0.717, 1.165) is 55.8 Å². The molecule has 0 N–H and O–H groups in total. The van der Waals surface area contributed by atoms with Crippen molar-refractivity contribution in [3.8, 4) is 0 Å². The fraction of sp³-hybridized carbons (Fsp3) is 0.478. The second-order valence-corrected chi connectivity index (χ2v) is 11.4. The number of carbonyl (C=O) groups is 1. The molecule has 0 aromatic carbocycles. The first-order valence-electron chi connectivity index (χ1n) is 11.2. The van der Waals surface area contributed by atoms with Crippen molar-refractivity contribution in [2.24, 2.45) is 0 Å². The summed E-state index contributed by atoms with van der Waals surface area (Å²) >= 11 is 8.81. The van der Waals surface area contributed by atoms with Gasteiger partial charge < -0.3 is 4.90 Å². The third kappa shape index (κ3) is 4.10. The van der Waals surface area contributed by atoms with Crippen molar-refractivity contribution in [1.29, 1.82) is 0 Å². The number of aryl methyl sites for hydroxylation is 1. The van der Waals surface area contributed by atoms with Gasteiger partial charge in [-0.3, -0.25) is 18.9 Å². The number of aromatic nitrogens is 2. The van der Waals surface area contributed by atoms with E-state index in [1.165, 1.54) is 18.2 Å². The largest absolute Gasteiger partial charge is 0.354 e. The average molecular weight is 487 g/mol. The number of anilines is 1. The lowest BCUT2D eigenvalue weighted by Gasteiger charge is -2.30. The summed E-state index contributed by atoms with van der Waals surface area (Å²) in [7, 11) is 0. The van der Waals surface area contributed by atoms with Gasteiger partial charge in [-0.05, 0) is 37.5 Å². The first-order valence-corrected chi connectivity index (χ1v) is 13.5. The molecule has 0 radical (unpaired) electrons. The Labute approximate surface area is 201 Å². The summed E-state index contributed by atoms with van der Waals surface area (Å²) in [5.74, 6) is 2.60. The summed E-state index contributed by atoms with van der Waals surface area (Å²) < 4.78 is 2.19. The average Bonchev–Trinajstić information content (AvgIpc) is 3.09. The molecule has 2 aromatic rings. The maximum absolute atomic E-state index is 13.6. The first kappa shape index (κ1) is 22.0. The molecule has 0 unspecified atom stereocenters. The van der Waals surface area contributed by atoms with Gasteiger partial charge in [0.05, 0.1) is 10.5 Å². The fourth-order valence-electron chi connectivity index (χ4n) is 4.65. The highest BCUT2D eigenvalue weighted by Gasteiger charge is 2.38. The normalized spacial score (nSPS) is 21.8. The molecule has 0 bridgehead atoms. The monoisotopic (exact) mass is 486 g/mol. The Balaban J connectivity index is 1.60. The Hall–Kier alpha value is -1.84. The Morgan fingerprint density at radius 1 is 1.12 bits per heavy atom. The van der Waals surface area contributed by atoms with Crippen molar-refractivity contribution in [1.82, 2.24) is 14.3 Å². The van der Waals surface area contributed by atoms with E-state index < -0.39 is 0 Å². The zero-order chi connectivity index (χ0) is 22.2. The van der Waals surface area contributed by atoms with E-state index in [-0.39, 0.29) is 17.5 Å². The van der Waals surface area contributed by atoms with Gasteiger partial charge in [-0.2, -0.15) is 11.8 Å². The van der Waals surface area contributed by atoms with Crippen molar-refractivity contribution in [2.75, 3.05) is 29.5 Å². The van der Waals surface area contributed by atoms with Gasteiger partial charge in [0, 0.05) is 36.8 Å². The van der Waals surface area contributed by atoms with Gasteiger partial charge in [0.2, 0.25) is 0 Å². The number of hydrogen-bond acceptors (Lipinski definition) is 7. The zero-order valence-corrected chi connectivity index (χ0v) is 20.5. The Kier molecular flexibility index (Phi) is 6.31. The quantitative estimate of drug-likeness (QED) is 0.478. The Morgan fingerprint density at radius 3 is 2.62 bits per heavy atom. The van der Waals surface area contributed by atoms with E-state index in [9.17, 15) is 9.59 Å². The lowest BCUT2D eigenvalue weighted by Crippen LogP contribution is -2.39. The van der Waals surface area contributed by atoms with Gasteiger partial charge in [-0.15, -0.1) is 0 Å². The van der Waals surface area contributed by atoms with E-state index in [0.29, 0.717) is 26.3 Å². The topological polar surface area (TPSA) is 57.9 Å². The van der Waals surface area contributed by atoms with Gasteiger partial charge in [-0.1, -0.05) is 49.3 Å². The van der Waals surface area contributed by atoms with E-state index in [1.807, 2.05) is 37.0 Å². The summed E-state index contributed by atoms with van der Waals surface area (Å²) in [6, 6.07) is 4.02. The van der Waals surface area contributed by atoms with Crippen LogP contribution in [0.1, 0.15) is 43.2 Å².